The van der Waals surface area contributed by atoms with Gasteiger partial charge in [0.1, 0.15) is 12.2 Å². The third-order valence-electron chi connectivity index (χ3n) is 5.06. The second-order valence-electron chi connectivity index (χ2n) is 7.73. The fraction of sp³-hybridized carbons (Fsp3) is 0.400. The zero-order chi connectivity index (χ0) is 17.4. The number of nitrogens with zero attached hydrogens (tertiary/aromatic N) is 3. The van der Waals surface area contributed by atoms with Gasteiger partial charge in [0.2, 0.25) is 5.91 Å². The predicted molar refractivity (Wildman–Crippen MR) is 99.1 cm³/mol. The van der Waals surface area contributed by atoms with E-state index in [4.69, 9.17) is 0 Å². The van der Waals surface area contributed by atoms with Gasteiger partial charge in [0.15, 0.2) is 0 Å². The summed E-state index contributed by atoms with van der Waals surface area (Å²) in [4.78, 5) is 22.5. The highest BCUT2D eigenvalue weighted by Crippen LogP contribution is 2.29. The zero-order valence-electron chi connectivity index (χ0n) is 14.8. The minimum absolute atomic E-state index is 0.194. The molecule has 130 valence electrons. The molecule has 0 aliphatic carbocycles. The van der Waals surface area contributed by atoms with E-state index in [0.29, 0.717) is 6.54 Å². The lowest BCUT2D eigenvalue weighted by molar-refractivity contribution is -0.134. The molecule has 0 radical (unpaired) electrons. The van der Waals surface area contributed by atoms with Gasteiger partial charge in [-0.05, 0) is 48.6 Å². The summed E-state index contributed by atoms with van der Waals surface area (Å²) < 4.78 is 2.02. The van der Waals surface area contributed by atoms with Gasteiger partial charge in [0.05, 0.1) is 11.4 Å². The van der Waals surface area contributed by atoms with E-state index < -0.39 is 0 Å². The van der Waals surface area contributed by atoms with Crippen LogP contribution in [0.3, 0.4) is 0 Å². The topological polar surface area (TPSA) is 53.9 Å². The number of hydrogen-bond donors (Lipinski definition) is 1. The van der Waals surface area contributed by atoms with Crippen molar-refractivity contribution in [3.8, 4) is 11.4 Å². The van der Waals surface area contributed by atoms with Crippen molar-refractivity contribution in [3.63, 3.8) is 0 Å². The summed E-state index contributed by atoms with van der Waals surface area (Å²) in [6, 6.07) is 10.1. The minimum atomic E-state index is 0.194. The van der Waals surface area contributed by atoms with E-state index in [2.05, 4.69) is 29.9 Å². The van der Waals surface area contributed by atoms with E-state index in [1.54, 1.807) is 6.20 Å². The Morgan fingerprint density at radius 1 is 1.32 bits per heavy atom. The van der Waals surface area contributed by atoms with Crippen molar-refractivity contribution in [1.29, 1.82) is 0 Å². The summed E-state index contributed by atoms with van der Waals surface area (Å²) in [5, 5.41) is 1.08. The molecule has 3 aromatic rings. The van der Waals surface area contributed by atoms with Crippen LogP contribution in [0.5, 0.6) is 0 Å². The fourth-order valence-corrected chi connectivity index (χ4v) is 3.77. The Morgan fingerprint density at radius 3 is 3.00 bits per heavy atom. The number of aromatic nitrogens is 3. The molecule has 0 unspecified atom stereocenters. The van der Waals surface area contributed by atoms with E-state index in [1.807, 2.05) is 39.9 Å². The zero-order valence-corrected chi connectivity index (χ0v) is 14.8. The number of pyridine rings is 1. The van der Waals surface area contributed by atoms with Crippen molar-refractivity contribution in [2.75, 3.05) is 13.1 Å². The number of carbonyl (C=O) groups excluding carboxylic acids is 1. The molecule has 0 atom stereocenters. The van der Waals surface area contributed by atoms with Gasteiger partial charge in [-0.25, -0.2) is 4.98 Å². The van der Waals surface area contributed by atoms with E-state index in [0.717, 1.165) is 41.9 Å². The molecule has 0 spiro atoms. The van der Waals surface area contributed by atoms with Crippen LogP contribution >= 0.6 is 0 Å². The maximum absolute atomic E-state index is 12.8. The van der Waals surface area contributed by atoms with Crippen molar-refractivity contribution in [2.45, 2.75) is 33.2 Å². The summed E-state index contributed by atoms with van der Waals surface area (Å²) in [5.74, 6) is 0.194. The highest BCUT2D eigenvalue weighted by atomic mass is 16.2. The average Bonchev–Trinajstić information content (AvgIpc) is 3.19. The number of aromatic amines is 1. The Bertz CT molecular complexity index is 872. The molecule has 0 saturated carbocycles. The normalized spacial score (nSPS) is 17.1. The Morgan fingerprint density at radius 2 is 2.20 bits per heavy atom. The van der Waals surface area contributed by atoms with Crippen molar-refractivity contribution in [1.82, 2.24) is 19.4 Å². The number of nitrogens with one attached hydrogen (secondary N) is 1. The quantitative estimate of drug-likeness (QED) is 0.793. The molecule has 0 bridgehead atoms. The van der Waals surface area contributed by atoms with Crippen LogP contribution in [0.2, 0.25) is 0 Å². The average molecular weight is 336 g/mol. The molecule has 4 heterocycles. The second-order valence-corrected chi connectivity index (χ2v) is 7.73. The van der Waals surface area contributed by atoms with Gasteiger partial charge < -0.3 is 14.5 Å². The van der Waals surface area contributed by atoms with Crippen molar-refractivity contribution in [3.05, 3.63) is 42.7 Å². The van der Waals surface area contributed by atoms with E-state index in [9.17, 15) is 4.79 Å². The molecule has 1 aliphatic heterocycles. The van der Waals surface area contributed by atoms with Crippen LogP contribution in [0.15, 0.2) is 42.7 Å². The first kappa shape index (κ1) is 15.9. The third kappa shape index (κ3) is 3.18. The lowest BCUT2D eigenvalue weighted by Crippen LogP contribution is -2.44. The van der Waals surface area contributed by atoms with Crippen molar-refractivity contribution in [2.24, 2.45) is 5.41 Å². The monoisotopic (exact) mass is 336 g/mol. The molecule has 1 fully saturated rings. The highest BCUT2D eigenvalue weighted by Gasteiger charge is 2.29. The number of rotatable bonds is 3. The first-order valence-corrected chi connectivity index (χ1v) is 8.89. The van der Waals surface area contributed by atoms with Gasteiger partial charge in [0, 0.05) is 30.9 Å². The molecule has 1 amide bonds. The molecule has 1 aliphatic rings. The molecular weight excluding hydrogens is 312 g/mol. The first-order chi connectivity index (χ1) is 12.0. The van der Waals surface area contributed by atoms with E-state index >= 15 is 0 Å². The summed E-state index contributed by atoms with van der Waals surface area (Å²) in [6.45, 7) is 6.57. The van der Waals surface area contributed by atoms with Gasteiger partial charge in [-0.1, -0.05) is 13.8 Å². The summed E-state index contributed by atoms with van der Waals surface area (Å²) >= 11 is 0. The van der Waals surface area contributed by atoms with Crippen LogP contribution in [0.1, 0.15) is 26.7 Å². The van der Waals surface area contributed by atoms with Crippen LogP contribution in [0, 0.1) is 5.41 Å². The number of hydrogen-bond acceptors (Lipinski definition) is 2. The van der Waals surface area contributed by atoms with Crippen LogP contribution in [0.25, 0.3) is 22.4 Å². The minimum Gasteiger partial charge on any atom is -0.341 e. The SMILES string of the molecule is CC1(C)CCCN(C(=O)Cn2cccc2-c2cc3cccnc3[nH]2)C1. The molecule has 5 nitrogen and oxygen atoms in total. The summed E-state index contributed by atoms with van der Waals surface area (Å²) in [6.07, 6.45) is 6.03. The number of piperidine rings is 1. The maximum Gasteiger partial charge on any atom is 0.242 e. The highest BCUT2D eigenvalue weighted by molar-refractivity contribution is 5.83. The summed E-state index contributed by atoms with van der Waals surface area (Å²) in [7, 11) is 0. The molecule has 4 rings (SSSR count). The number of amides is 1. The second kappa shape index (κ2) is 6.06. The Hall–Kier alpha value is -2.56. The molecule has 1 N–H and O–H groups in total. The molecular formula is C20H24N4O. The van der Waals surface area contributed by atoms with E-state index in [1.165, 1.54) is 6.42 Å². The predicted octanol–water partition coefficient (Wildman–Crippen LogP) is 3.68. The van der Waals surface area contributed by atoms with Crippen LogP contribution in [-0.2, 0) is 11.3 Å². The van der Waals surface area contributed by atoms with Crippen LogP contribution < -0.4 is 0 Å². The van der Waals surface area contributed by atoms with Gasteiger partial charge in [-0.15, -0.1) is 0 Å². The number of H-pyrrole nitrogens is 1. The van der Waals surface area contributed by atoms with Gasteiger partial charge in [0.25, 0.3) is 0 Å². The molecule has 1 saturated heterocycles. The Labute approximate surface area is 147 Å². The number of likely N-dealkylation sites (tertiary alicyclic amines) is 1. The molecule has 3 aromatic heterocycles. The third-order valence-corrected chi connectivity index (χ3v) is 5.06. The Kier molecular flexibility index (Phi) is 3.86. The largest absolute Gasteiger partial charge is 0.341 e. The summed E-state index contributed by atoms with van der Waals surface area (Å²) in [5.41, 5.74) is 3.10. The van der Waals surface area contributed by atoms with Crippen molar-refractivity contribution < 1.29 is 4.79 Å². The molecule has 25 heavy (non-hydrogen) atoms. The number of fused-ring (bicyclic) bond motifs is 1. The van der Waals surface area contributed by atoms with Crippen LogP contribution in [0.4, 0.5) is 0 Å². The molecule has 0 aromatic carbocycles. The van der Waals surface area contributed by atoms with Crippen molar-refractivity contribution >= 4 is 16.9 Å². The lowest BCUT2D eigenvalue weighted by Gasteiger charge is -2.38. The first-order valence-electron chi connectivity index (χ1n) is 8.89. The Balaban J connectivity index is 1.56. The standard InChI is InChI=1S/C20H24N4O/c1-20(2)8-5-11-24(14-20)18(25)13-23-10-4-7-17(23)16-12-15-6-3-9-21-19(15)22-16/h3-4,6-7,9-10,12H,5,8,11,13-14H2,1-2H3,(H,21,22). The smallest absolute Gasteiger partial charge is 0.242 e. The lowest BCUT2D eigenvalue weighted by atomic mass is 9.84. The van der Waals surface area contributed by atoms with Crippen LogP contribution in [-0.4, -0.2) is 38.4 Å². The van der Waals surface area contributed by atoms with Gasteiger partial charge in [-0.2, -0.15) is 0 Å². The van der Waals surface area contributed by atoms with E-state index in [-0.39, 0.29) is 11.3 Å². The maximum atomic E-state index is 12.8. The number of carbonyl (C=O) groups is 1. The van der Waals surface area contributed by atoms with Gasteiger partial charge >= 0.3 is 0 Å². The fourth-order valence-electron chi connectivity index (χ4n) is 3.77. The van der Waals surface area contributed by atoms with Gasteiger partial charge in [-0.3, -0.25) is 4.79 Å². The molecule has 5 heteroatoms.